The summed E-state index contributed by atoms with van der Waals surface area (Å²) >= 11 is 6.51. The monoisotopic (exact) mass is 880 g/mol. The first-order valence-corrected chi connectivity index (χ1v) is 23.2. The highest BCUT2D eigenvalue weighted by atomic mass is 35.5. The lowest BCUT2D eigenvalue weighted by molar-refractivity contribution is -0.134. The van der Waals surface area contributed by atoms with Crippen molar-refractivity contribution in [2.24, 2.45) is 5.92 Å². The zero-order chi connectivity index (χ0) is 43.0. The van der Waals surface area contributed by atoms with Gasteiger partial charge in [0.15, 0.2) is 11.6 Å². The summed E-state index contributed by atoms with van der Waals surface area (Å²) in [6.45, 7) is 8.78. The number of nitrogens with one attached hydrogen (secondary N) is 2. The second-order valence-corrected chi connectivity index (χ2v) is 18.9. The molecule has 4 aliphatic rings. The molecule has 0 aliphatic carbocycles. The van der Waals surface area contributed by atoms with Gasteiger partial charge in [0.1, 0.15) is 5.69 Å². The SMILES string of the molecule is C[C@@H]1CN(c2ccc(-n3cc(-c4cc(Cl)cc(NS(=O)(=O)N5CCCC5)c4F)c(-c4ccncc4)n3)nc2)CCN1CC1CCN(c2ccc([C@H]3CCC(=O)NC3=O)cc2)CC1. The van der Waals surface area contributed by atoms with Gasteiger partial charge in [-0.1, -0.05) is 23.7 Å². The molecule has 324 valence electrons. The van der Waals surface area contributed by atoms with Gasteiger partial charge in [-0.25, -0.2) is 14.1 Å². The van der Waals surface area contributed by atoms with E-state index in [2.05, 4.69) is 48.8 Å². The molecule has 2 N–H and O–H groups in total. The number of anilines is 3. The molecule has 2 atom stereocenters. The Hall–Kier alpha value is -5.42. The summed E-state index contributed by atoms with van der Waals surface area (Å²) in [7, 11) is -3.97. The second-order valence-electron chi connectivity index (χ2n) is 16.8. The van der Waals surface area contributed by atoms with Crippen molar-refractivity contribution in [1.82, 2.24) is 34.3 Å². The molecule has 62 heavy (non-hydrogen) atoms. The number of pyridine rings is 2. The van der Waals surface area contributed by atoms with Crippen molar-refractivity contribution >= 4 is 50.7 Å². The smallest absolute Gasteiger partial charge is 0.301 e. The van der Waals surface area contributed by atoms with Gasteiger partial charge in [0, 0.05) is 111 Å². The number of hydrogen-bond acceptors (Lipinski definition) is 10. The molecule has 4 aliphatic heterocycles. The van der Waals surface area contributed by atoms with Crippen molar-refractivity contribution in [3.8, 4) is 28.2 Å². The zero-order valence-electron chi connectivity index (χ0n) is 34.6. The van der Waals surface area contributed by atoms with E-state index in [1.807, 2.05) is 30.5 Å². The molecule has 2 amide bonds. The van der Waals surface area contributed by atoms with Crippen LogP contribution in [0.25, 0.3) is 28.2 Å². The Balaban J connectivity index is 0.838. The molecule has 17 heteroatoms. The minimum atomic E-state index is -3.97. The van der Waals surface area contributed by atoms with Gasteiger partial charge in [0.2, 0.25) is 11.8 Å². The molecule has 2 aromatic carbocycles. The summed E-state index contributed by atoms with van der Waals surface area (Å²) in [5.74, 6) is -0.266. The minimum Gasteiger partial charge on any atom is -0.372 e. The molecule has 3 aromatic heterocycles. The van der Waals surface area contributed by atoms with Crippen LogP contribution in [0.15, 0.2) is 85.5 Å². The Morgan fingerprint density at radius 2 is 1.61 bits per heavy atom. The quantitative estimate of drug-likeness (QED) is 0.141. The van der Waals surface area contributed by atoms with Gasteiger partial charge in [0.25, 0.3) is 0 Å². The van der Waals surface area contributed by atoms with Gasteiger partial charge >= 0.3 is 10.2 Å². The maximum atomic E-state index is 16.4. The molecule has 4 saturated heterocycles. The van der Waals surface area contributed by atoms with Crippen LogP contribution in [-0.4, -0.2) is 108 Å². The molecule has 4 fully saturated rings. The first-order valence-electron chi connectivity index (χ1n) is 21.4. The van der Waals surface area contributed by atoms with Crippen LogP contribution in [0.2, 0.25) is 5.02 Å². The normalized spacial score (nSPS) is 20.8. The van der Waals surface area contributed by atoms with Crippen LogP contribution in [0, 0.1) is 11.7 Å². The second kappa shape index (κ2) is 17.8. The maximum absolute atomic E-state index is 16.4. The molecule has 0 spiro atoms. The molecule has 5 aromatic rings. The predicted octanol–water partition coefficient (Wildman–Crippen LogP) is 6.49. The zero-order valence-corrected chi connectivity index (χ0v) is 36.2. The van der Waals surface area contributed by atoms with Crippen molar-refractivity contribution in [1.29, 1.82) is 0 Å². The molecular formula is C45H50ClFN10O4S. The molecule has 0 unspecified atom stereocenters. The largest absolute Gasteiger partial charge is 0.372 e. The van der Waals surface area contributed by atoms with Gasteiger partial charge in [-0.3, -0.25) is 29.5 Å². The Kier molecular flexibility index (Phi) is 12.0. The lowest BCUT2D eigenvalue weighted by Crippen LogP contribution is -2.53. The van der Waals surface area contributed by atoms with E-state index in [-0.39, 0.29) is 34.0 Å². The molecular weight excluding hydrogens is 831 g/mol. The van der Waals surface area contributed by atoms with Gasteiger partial charge < -0.3 is 9.80 Å². The fourth-order valence-corrected chi connectivity index (χ4v) is 10.8. The minimum absolute atomic E-state index is 0.0991. The fourth-order valence-electron chi connectivity index (χ4n) is 9.24. The first kappa shape index (κ1) is 41.9. The van der Waals surface area contributed by atoms with E-state index in [1.165, 1.54) is 22.1 Å². The van der Waals surface area contributed by atoms with Crippen molar-refractivity contribution in [3.05, 3.63) is 102 Å². The van der Waals surface area contributed by atoms with E-state index in [0.717, 1.165) is 76.2 Å². The molecule has 0 bridgehead atoms. The fraction of sp³-hybridized carbons (Fsp3) is 0.400. The number of rotatable bonds is 11. The van der Waals surface area contributed by atoms with E-state index in [0.29, 0.717) is 60.5 Å². The third kappa shape index (κ3) is 8.91. The summed E-state index contributed by atoms with van der Waals surface area (Å²) in [5, 5.41) is 7.49. The van der Waals surface area contributed by atoms with Crippen LogP contribution in [0.3, 0.4) is 0 Å². The number of piperazine rings is 1. The number of carbonyl (C=O) groups is 2. The summed E-state index contributed by atoms with van der Waals surface area (Å²) in [6, 6.07) is 18.9. The molecule has 7 heterocycles. The van der Waals surface area contributed by atoms with Gasteiger partial charge in [0.05, 0.1) is 23.5 Å². The lowest BCUT2D eigenvalue weighted by Gasteiger charge is -2.43. The lowest BCUT2D eigenvalue weighted by atomic mass is 9.90. The predicted molar refractivity (Wildman–Crippen MR) is 238 cm³/mol. The average molecular weight is 881 g/mol. The molecule has 14 nitrogen and oxygen atoms in total. The topological polar surface area (TPSA) is 149 Å². The van der Waals surface area contributed by atoms with Gasteiger partial charge in [-0.05, 0) is 99.0 Å². The number of aromatic nitrogens is 4. The standard InChI is InChI=1S/C45H50ClFN10O4S/c1-30-27-55(23-22-54(30)28-31-14-20-53(21-15-31)35-6-4-32(5-7-35)37-9-11-42(58)50-45(37)59)36-8-10-41(49-26-36)57-29-39(44(51-57)33-12-16-48-17-13-33)38-24-34(46)25-40(43(38)47)52-62(60,61)56-18-2-3-19-56/h4-8,10,12-13,16-17,24-26,29-31,37,52H,2-3,9,11,14-15,18-23,27-28H2,1H3,(H,50,58,59)/t30-,37-/m1/s1. The highest BCUT2D eigenvalue weighted by Gasteiger charge is 2.31. The van der Waals surface area contributed by atoms with E-state index in [4.69, 9.17) is 21.7 Å². The van der Waals surface area contributed by atoms with Crippen molar-refractivity contribution in [3.63, 3.8) is 0 Å². The van der Waals surface area contributed by atoms with Gasteiger partial charge in [-0.2, -0.15) is 17.8 Å². The number of nitrogens with zero attached hydrogens (tertiary/aromatic N) is 8. The molecule has 0 radical (unpaired) electrons. The summed E-state index contributed by atoms with van der Waals surface area (Å²) in [5.41, 5.74) is 4.58. The highest BCUT2D eigenvalue weighted by molar-refractivity contribution is 7.90. The molecule has 9 rings (SSSR count). The van der Waals surface area contributed by atoms with Crippen LogP contribution in [-0.2, 0) is 19.8 Å². The van der Waals surface area contributed by atoms with Crippen LogP contribution in [0.5, 0.6) is 0 Å². The van der Waals surface area contributed by atoms with Gasteiger partial charge in [-0.15, -0.1) is 0 Å². The van der Waals surface area contributed by atoms with E-state index in [9.17, 15) is 18.0 Å². The summed E-state index contributed by atoms with van der Waals surface area (Å²) in [4.78, 5) is 40.3. The third-order valence-corrected chi connectivity index (χ3v) is 14.5. The van der Waals surface area contributed by atoms with E-state index in [1.54, 1.807) is 35.4 Å². The summed E-state index contributed by atoms with van der Waals surface area (Å²) in [6.07, 6.45) is 11.5. The number of benzene rings is 2. The number of imide groups is 1. The van der Waals surface area contributed by atoms with E-state index >= 15 is 4.39 Å². The highest BCUT2D eigenvalue weighted by Crippen LogP contribution is 2.38. The van der Waals surface area contributed by atoms with Crippen molar-refractivity contribution < 1.29 is 22.4 Å². The number of piperidine rings is 2. The molecule has 0 saturated carbocycles. The first-order chi connectivity index (χ1) is 30.0. The Morgan fingerprint density at radius 1 is 0.871 bits per heavy atom. The maximum Gasteiger partial charge on any atom is 0.301 e. The van der Waals surface area contributed by atoms with Crippen molar-refractivity contribution in [2.45, 2.75) is 57.4 Å². The third-order valence-electron chi connectivity index (χ3n) is 12.7. The number of hydrogen-bond donors (Lipinski definition) is 2. The summed E-state index contributed by atoms with van der Waals surface area (Å²) < 4.78 is 47.9. The van der Waals surface area contributed by atoms with Crippen molar-refractivity contribution in [2.75, 3.05) is 66.9 Å². The Morgan fingerprint density at radius 3 is 2.31 bits per heavy atom. The van der Waals surface area contributed by atoms with Crippen LogP contribution in [0.4, 0.5) is 21.5 Å². The average Bonchev–Trinajstić information content (AvgIpc) is 3.99. The van der Waals surface area contributed by atoms with Crippen LogP contribution in [0.1, 0.15) is 56.9 Å². The number of amides is 2. The van der Waals surface area contributed by atoms with Crippen LogP contribution < -0.4 is 19.8 Å². The Labute approximate surface area is 366 Å². The number of carbonyl (C=O) groups excluding carboxylic acids is 2. The Bertz CT molecular complexity index is 2530. The number of halogens is 2. The van der Waals surface area contributed by atoms with E-state index < -0.39 is 16.0 Å². The van der Waals surface area contributed by atoms with Crippen LogP contribution >= 0.6 is 11.6 Å².